The van der Waals surface area contributed by atoms with E-state index in [4.69, 9.17) is 14.7 Å². The van der Waals surface area contributed by atoms with Crippen LogP contribution in [0.3, 0.4) is 0 Å². The third-order valence-electron chi connectivity index (χ3n) is 4.05. The summed E-state index contributed by atoms with van der Waals surface area (Å²) in [7, 11) is 3.25. The van der Waals surface area contributed by atoms with Gasteiger partial charge in [-0.15, -0.1) is 11.3 Å². The van der Waals surface area contributed by atoms with Crippen LogP contribution in [0.5, 0.6) is 11.5 Å². The van der Waals surface area contributed by atoms with E-state index in [0.717, 1.165) is 28.3 Å². The number of hydrogen-bond acceptors (Lipinski definition) is 6. The Kier molecular flexibility index (Phi) is 7.50. The first kappa shape index (κ1) is 20.6. The number of carbonyl (C=O) groups is 1. The minimum atomic E-state index is -0.427. The van der Waals surface area contributed by atoms with Crippen LogP contribution >= 0.6 is 11.3 Å². The second-order valence-corrected chi connectivity index (χ2v) is 7.21. The smallest absolute Gasteiger partial charge is 0.243 e. The van der Waals surface area contributed by atoms with Gasteiger partial charge < -0.3 is 20.1 Å². The fourth-order valence-corrected chi connectivity index (χ4v) is 3.57. The molecule has 0 aliphatic carbocycles. The molecule has 7 heteroatoms. The van der Waals surface area contributed by atoms with Crippen LogP contribution in [0.2, 0.25) is 0 Å². The number of ether oxygens (including phenoxy) is 2. The Labute approximate surface area is 164 Å². The number of rotatable bonds is 9. The summed E-state index contributed by atoms with van der Waals surface area (Å²) >= 11 is 1.54. The van der Waals surface area contributed by atoms with E-state index >= 15 is 0 Å². The van der Waals surface area contributed by atoms with Crippen molar-refractivity contribution in [1.29, 1.82) is 5.26 Å². The molecule has 1 amide bonds. The average molecular weight is 388 g/mol. The highest BCUT2D eigenvalue weighted by atomic mass is 32.1. The molecule has 0 aliphatic rings. The molecule has 0 bridgehead atoms. The fourth-order valence-electron chi connectivity index (χ4n) is 2.78. The summed E-state index contributed by atoms with van der Waals surface area (Å²) in [5.41, 5.74) is 2.68. The van der Waals surface area contributed by atoms with Gasteiger partial charge in [-0.25, -0.2) is 0 Å². The molecule has 0 unspecified atom stereocenters. The van der Waals surface area contributed by atoms with E-state index in [1.807, 2.05) is 35.0 Å². The summed E-state index contributed by atoms with van der Waals surface area (Å²) in [4.78, 5) is 12.5. The lowest BCUT2D eigenvalue weighted by Gasteiger charge is -2.21. The Bertz CT molecular complexity index is 811. The van der Waals surface area contributed by atoms with Gasteiger partial charge in [0.25, 0.3) is 0 Å². The van der Waals surface area contributed by atoms with Gasteiger partial charge in [-0.1, -0.05) is 13.8 Å². The summed E-state index contributed by atoms with van der Waals surface area (Å²) in [6, 6.07) is 7.14. The summed E-state index contributed by atoms with van der Waals surface area (Å²) in [5.74, 6) is 1.60. The Balaban J connectivity index is 2.34. The van der Waals surface area contributed by atoms with Crippen LogP contribution in [0.15, 0.2) is 29.0 Å². The molecular formula is C20H25N3O3S. The van der Waals surface area contributed by atoms with E-state index in [1.165, 1.54) is 0 Å². The molecule has 1 aromatic carbocycles. The van der Waals surface area contributed by atoms with Crippen molar-refractivity contribution in [2.24, 2.45) is 5.92 Å². The van der Waals surface area contributed by atoms with Crippen LogP contribution in [0.25, 0.3) is 11.1 Å². The summed E-state index contributed by atoms with van der Waals surface area (Å²) in [6.45, 7) is 4.12. The number of nitrogens with zero attached hydrogens (tertiary/aromatic N) is 1. The zero-order chi connectivity index (χ0) is 19.8. The number of carbonyl (C=O) groups excluding carboxylic acids is 1. The summed E-state index contributed by atoms with van der Waals surface area (Å²) < 4.78 is 10.8. The van der Waals surface area contributed by atoms with E-state index < -0.39 is 6.04 Å². The van der Waals surface area contributed by atoms with Crippen molar-refractivity contribution in [2.45, 2.75) is 26.3 Å². The molecule has 6 nitrogen and oxygen atoms in total. The summed E-state index contributed by atoms with van der Waals surface area (Å²) in [5, 5.41) is 18.7. The van der Waals surface area contributed by atoms with E-state index in [9.17, 15) is 4.79 Å². The third kappa shape index (κ3) is 5.38. The van der Waals surface area contributed by atoms with Gasteiger partial charge in [0, 0.05) is 21.9 Å². The molecule has 1 atom stereocenters. The van der Waals surface area contributed by atoms with Gasteiger partial charge in [-0.05, 0) is 30.5 Å². The maximum absolute atomic E-state index is 12.5. The summed E-state index contributed by atoms with van der Waals surface area (Å²) in [6.07, 6.45) is 0.655. The molecule has 0 saturated heterocycles. The fraction of sp³-hybridized carbons (Fsp3) is 0.400. The van der Waals surface area contributed by atoms with Crippen LogP contribution in [-0.4, -0.2) is 32.7 Å². The highest BCUT2D eigenvalue weighted by Gasteiger charge is 2.22. The van der Waals surface area contributed by atoms with E-state index in [2.05, 4.69) is 24.5 Å². The molecule has 0 spiro atoms. The largest absolute Gasteiger partial charge is 0.497 e. The lowest BCUT2D eigenvalue weighted by molar-refractivity contribution is -0.121. The molecule has 2 rings (SSSR count). The Morgan fingerprint density at radius 3 is 2.63 bits per heavy atom. The third-order valence-corrected chi connectivity index (χ3v) is 4.80. The van der Waals surface area contributed by atoms with Crippen molar-refractivity contribution in [3.05, 3.63) is 29.0 Å². The molecule has 0 saturated carbocycles. The van der Waals surface area contributed by atoms with Gasteiger partial charge >= 0.3 is 0 Å². The SMILES string of the molecule is COc1ccc(OC)c(-c2cscc2N[C@@H](CC(C)C)C(=O)NCC#N)c1. The number of methoxy groups -OCH3 is 2. The van der Waals surface area contributed by atoms with Gasteiger partial charge in [0.2, 0.25) is 5.91 Å². The second-order valence-electron chi connectivity index (χ2n) is 6.47. The minimum Gasteiger partial charge on any atom is -0.497 e. The number of thiophene rings is 1. The molecular weight excluding hydrogens is 362 g/mol. The maximum Gasteiger partial charge on any atom is 0.243 e. The molecule has 2 aromatic rings. The van der Waals surface area contributed by atoms with E-state index in [0.29, 0.717) is 12.3 Å². The van der Waals surface area contributed by atoms with Crippen molar-refractivity contribution in [3.8, 4) is 28.7 Å². The molecule has 1 aromatic heterocycles. The standard InChI is InChI=1S/C20H25N3O3S/c1-13(2)9-17(20(24)22-8-7-21)23-18-12-27-11-16(18)15-10-14(25-3)5-6-19(15)26-4/h5-6,10-13,17,23H,8-9H2,1-4H3,(H,22,24)/t17-/m0/s1. The first-order valence-electron chi connectivity index (χ1n) is 8.69. The van der Waals surface area contributed by atoms with Gasteiger partial charge in [0.05, 0.1) is 26.0 Å². The van der Waals surface area contributed by atoms with Crippen LogP contribution < -0.4 is 20.1 Å². The normalized spacial score (nSPS) is 11.6. The number of amides is 1. The van der Waals surface area contributed by atoms with Crippen LogP contribution in [0.4, 0.5) is 5.69 Å². The molecule has 1 heterocycles. The number of nitriles is 1. The van der Waals surface area contributed by atoms with Crippen LogP contribution in [0.1, 0.15) is 20.3 Å². The number of anilines is 1. The van der Waals surface area contributed by atoms with Crippen molar-refractivity contribution in [3.63, 3.8) is 0 Å². The Morgan fingerprint density at radius 1 is 1.22 bits per heavy atom. The maximum atomic E-state index is 12.5. The molecule has 0 fully saturated rings. The Morgan fingerprint density at radius 2 is 2.00 bits per heavy atom. The Hall–Kier alpha value is -2.72. The molecule has 2 N–H and O–H groups in total. The van der Waals surface area contributed by atoms with Crippen molar-refractivity contribution < 1.29 is 14.3 Å². The predicted octanol–water partition coefficient (Wildman–Crippen LogP) is 3.90. The highest BCUT2D eigenvalue weighted by molar-refractivity contribution is 7.08. The van der Waals surface area contributed by atoms with Crippen molar-refractivity contribution >= 4 is 22.9 Å². The monoisotopic (exact) mass is 387 g/mol. The first-order valence-corrected chi connectivity index (χ1v) is 9.64. The van der Waals surface area contributed by atoms with Gasteiger partial charge in [0.1, 0.15) is 24.1 Å². The average Bonchev–Trinajstić information content (AvgIpc) is 3.12. The molecule has 144 valence electrons. The number of benzene rings is 1. The van der Waals surface area contributed by atoms with Crippen LogP contribution in [0, 0.1) is 17.2 Å². The zero-order valence-electron chi connectivity index (χ0n) is 16.0. The van der Waals surface area contributed by atoms with Crippen LogP contribution in [-0.2, 0) is 4.79 Å². The van der Waals surface area contributed by atoms with Gasteiger partial charge in [-0.3, -0.25) is 4.79 Å². The lowest BCUT2D eigenvalue weighted by atomic mass is 10.0. The molecule has 0 aliphatic heterocycles. The van der Waals surface area contributed by atoms with E-state index in [-0.39, 0.29) is 12.5 Å². The predicted molar refractivity (Wildman–Crippen MR) is 108 cm³/mol. The van der Waals surface area contributed by atoms with E-state index in [1.54, 1.807) is 25.6 Å². The highest BCUT2D eigenvalue weighted by Crippen LogP contribution is 2.40. The minimum absolute atomic E-state index is 0.00465. The molecule has 0 radical (unpaired) electrons. The quantitative estimate of drug-likeness (QED) is 0.638. The number of nitrogens with one attached hydrogen (secondary N) is 2. The lowest BCUT2D eigenvalue weighted by Crippen LogP contribution is -2.40. The van der Waals surface area contributed by atoms with Gasteiger partial charge in [0.15, 0.2) is 0 Å². The van der Waals surface area contributed by atoms with Crippen molar-refractivity contribution in [2.75, 3.05) is 26.1 Å². The zero-order valence-corrected chi connectivity index (χ0v) is 16.9. The second kappa shape index (κ2) is 9.83. The molecule has 27 heavy (non-hydrogen) atoms. The first-order chi connectivity index (χ1) is 13.0. The topological polar surface area (TPSA) is 83.4 Å². The number of hydrogen-bond donors (Lipinski definition) is 2. The van der Waals surface area contributed by atoms with Gasteiger partial charge in [-0.2, -0.15) is 5.26 Å². The van der Waals surface area contributed by atoms with Crippen molar-refractivity contribution in [1.82, 2.24) is 5.32 Å².